The van der Waals surface area contributed by atoms with Gasteiger partial charge in [-0.1, -0.05) is 18.2 Å². The molecule has 16 heavy (non-hydrogen) atoms. The number of hydrogen-bond donors (Lipinski definition) is 1. The molecule has 0 aliphatic heterocycles. The monoisotopic (exact) mass is 236 g/mol. The lowest BCUT2D eigenvalue weighted by molar-refractivity contribution is 0.588. The first-order valence-electron chi connectivity index (χ1n) is 4.59. The fraction of sp³-hybridized carbons (Fsp3) is 0.182. The zero-order chi connectivity index (χ0) is 12.1. The molecular weight excluding hydrogens is 224 g/mol. The second kappa shape index (κ2) is 5.33. The first kappa shape index (κ1) is 12.3. The van der Waals surface area contributed by atoms with Gasteiger partial charge in [-0.15, -0.1) is 0 Å². The van der Waals surface area contributed by atoms with E-state index in [-0.39, 0.29) is 4.90 Å². The van der Waals surface area contributed by atoms with Gasteiger partial charge in [-0.2, -0.15) is 5.26 Å². The van der Waals surface area contributed by atoms with Crippen molar-refractivity contribution in [2.75, 3.05) is 14.1 Å². The SMILES string of the molecule is CN(C)C(=CC#N)c1ccccc1[SH](=O)=O. The third-order valence-electron chi connectivity index (χ3n) is 2.06. The topological polar surface area (TPSA) is 61.2 Å². The Morgan fingerprint density at radius 1 is 1.38 bits per heavy atom. The van der Waals surface area contributed by atoms with Gasteiger partial charge < -0.3 is 4.90 Å². The van der Waals surface area contributed by atoms with Gasteiger partial charge in [-0.05, 0) is 6.07 Å². The van der Waals surface area contributed by atoms with Crippen LogP contribution < -0.4 is 0 Å². The van der Waals surface area contributed by atoms with E-state index < -0.39 is 10.7 Å². The Balaban J connectivity index is 3.43. The van der Waals surface area contributed by atoms with E-state index in [2.05, 4.69) is 0 Å². The molecule has 1 aromatic carbocycles. The summed E-state index contributed by atoms with van der Waals surface area (Å²) >= 11 is 0. The molecule has 0 N–H and O–H groups in total. The quantitative estimate of drug-likeness (QED) is 0.630. The summed E-state index contributed by atoms with van der Waals surface area (Å²) in [6, 6.07) is 8.52. The number of thiol groups is 1. The predicted molar refractivity (Wildman–Crippen MR) is 62.3 cm³/mol. The van der Waals surface area contributed by atoms with Crippen LogP contribution in [-0.2, 0) is 10.7 Å². The molecule has 0 aliphatic rings. The van der Waals surface area contributed by atoms with E-state index in [4.69, 9.17) is 5.26 Å². The lowest BCUT2D eigenvalue weighted by Gasteiger charge is -2.17. The van der Waals surface area contributed by atoms with Gasteiger partial charge in [0.05, 0.1) is 16.7 Å². The van der Waals surface area contributed by atoms with Gasteiger partial charge >= 0.3 is 0 Å². The largest absolute Gasteiger partial charge is 0.377 e. The third kappa shape index (κ3) is 2.61. The van der Waals surface area contributed by atoms with E-state index in [9.17, 15) is 8.42 Å². The zero-order valence-corrected chi connectivity index (χ0v) is 9.94. The summed E-state index contributed by atoms with van der Waals surface area (Å²) in [5.41, 5.74) is 1.13. The highest BCUT2D eigenvalue weighted by atomic mass is 32.2. The van der Waals surface area contributed by atoms with Crippen LogP contribution in [0.25, 0.3) is 5.70 Å². The number of allylic oxidation sites excluding steroid dienone is 1. The number of nitrogens with zero attached hydrogens (tertiary/aromatic N) is 2. The van der Waals surface area contributed by atoms with Gasteiger partial charge in [0.25, 0.3) is 0 Å². The molecule has 0 aromatic heterocycles. The molecule has 0 unspecified atom stereocenters. The smallest absolute Gasteiger partial charge is 0.168 e. The number of benzene rings is 1. The molecule has 0 amide bonds. The molecular formula is C11H12N2O2S. The Hall–Kier alpha value is -1.80. The van der Waals surface area contributed by atoms with Crippen LogP contribution in [-0.4, -0.2) is 27.4 Å². The Morgan fingerprint density at radius 2 is 2.00 bits per heavy atom. The Morgan fingerprint density at radius 3 is 2.50 bits per heavy atom. The van der Waals surface area contributed by atoms with Gasteiger partial charge in [-0.3, -0.25) is 0 Å². The zero-order valence-electron chi connectivity index (χ0n) is 9.04. The predicted octanol–water partition coefficient (Wildman–Crippen LogP) is 1.08. The lowest BCUT2D eigenvalue weighted by atomic mass is 10.1. The fourth-order valence-electron chi connectivity index (χ4n) is 1.36. The highest BCUT2D eigenvalue weighted by Gasteiger charge is 2.10. The van der Waals surface area contributed by atoms with Crippen molar-refractivity contribution >= 4 is 16.4 Å². The van der Waals surface area contributed by atoms with E-state index in [1.807, 2.05) is 6.07 Å². The van der Waals surface area contributed by atoms with Crippen LogP contribution in [0.3, 0.4) is 0 Å². The van der Waals surface area contributed by atoms with E-state index in [1.54, 1.807) is 37.2 Å². The van der Waals surface area contributed by atoms with Gasteiger partial charge in [0.2, 0.25) is 0 Å². The Labute approximate surface area is 96.4 Å². The maximum absolute atomic E-state index is 11.1. The van der Waals surface area contributed by atoms with Crippen molar-refractivity contribution in [2.24, 2.45) is 0 Å². The molecule has 4 nitrogen and oxygen atoms in total. The molecule has 0 bridgehead atoms. The number of hydrogen-bond acceptors (Lipinski definition) is 4. The fourth-order valence-corrected chi connectivity index (χ4v) is 1.95. The summed E-state index contributed by atoms with van der Waals surface area (Å²) in [4.78, 5) is 1.94. The van der Waals surface area contributed by atoms with Crippen LogP contribution >= 0.6 is 0 Å². The van der Waals surface area contributed by atoms with Crippen LogP contribution in [0.5, 0.6) is 0 Å². The minimum absolute atomic E-state index is 0.229. The highest BCUT2D eigenvalue weighted by Crippen LogP contribution is 2.21. The number of nitriles is 1. The molecule has 1 aromatic rings. The van der Waals surface area contributed by atoms with Crippen molar-refractivity contribution in [3.63, 3.8) is 0 Å². The summed E-state index contributed by atoms with van der Waals surface area (Å²) in [7, 11) is 0.862. The molecule has 0 heterocycles. The van der Waals surface area contributed by atoms with Gasteiger partial charge in [0.1, 0.15) is 0 Å². The van der Waals surface area contributed by atoms with Crippen molar-refractivity contribution in [3.05, 3.63) is 35.9 Å². The lowest BCUT2D eigenvalue weighted by Crippen LogP contribution is -2.11. The molecule has 0 saturated carbocycles. The van der Waals surface area contributed by atoms with Crippen LogP contribution in [0.2, 0.25) is 0 Å². The van der Waals surface area contributed by atoms with Crippen molar-refractivity contribution in [2.45, 2.75) is 4.90 Å². The molecule has 0 atom stereocenters. The van der Waals surface area contributed by atoms with Crippen LogP contribution in [0.1, 0.15) is 5.56 Å². The average molecular weight is 236 g/mol. The van der Waals surface area contributed by atoms with Gasteiger partial charge in [0, 0.05) is 25.7 Å². The molecule has 1 rings (SSSR count). The summed E-state index contributed by atoms with van der Waals surface area (Å²) in [5.74, 6) is 0. The molecule has 84 valence electrons. The first-order chi connectivity index (χ1) is 7.57. The molecule has 0 fully saturated rings. The van der Waals surface area contributed by atoms with E-state index in [0.717, 1.165) is 0 Å². The summed E-state index contributed by atoms with van der Waals surface area (Å²) < 4.78 is 22.1. The Bertz CT molecular complexity index is 517. The van der Waals surface area contributed by atoms with Crippen molar-refractivity contribution in [1.82, 2.24) is 4.90 Å². The molecule has 0 spiro atoms. The standard InChI is InChI=1S/C11H12N2O2S/c1-13(2)10(7-8-12)9-5-3-4-6-11(9)16(14)15/h3-7,16H,1-2H3. The maximum atomic E-state index is 11.1. The molecule has 0 radical (unpaired) electrons. The number of rotatable bonds is 3. The second-order valence-corrected chi connectivity index (χ2v) is 4.32. The van der Waals surface area contributed by atoms with Crippen molar-refractivity contribution in [1.29, 1.82) is 5.26 Å². The highest BCUT2D eigenvalue weighted by molar-refractivity contribution is 7.72. The van der Waals surface area contributed by atoms with Crippen molar-refractivity contribution in [3.8, 4) is 6.07 Å². The Kier molecular flexibility index (Phi) is 4.09. The first-order valence-corrected chi connectivity index (χ1v) is 5.76. The molecule has 5 heteroatoms. The maximum Gasteiger partial charge on any atom is 0.168 e. The van der Waals surface area contributed by atoms with Crippen LogP contribution in [0.15, 0.2) is 35.2 Å². The summed E-state index contributed by atoms with van der Waals surface area (Å²) in [6.45, 7) is 0. The molecule has 0 saturated heterocycles. The van der Waals surface area contributed by atoms with Gasteiger partial charge in [0.15, 0.2) is 10.7 Å². The third-order valence-corrected chi connectivity index (χ3v) is 2.84. The second-order valence-electron chi connectivity index (χ2n) is 3.33. The minimum Gasteiger partial charge on any atom is -0.377 e. The van der Waals surface area contributed by atoms with Crippen molar-refractivity contribution < 1.29 is 8.42 Å². The van der Waals surface area contributed by atoms with E-state index in [0.29, 0.717) is 11.3 Å². The average Bonchev–Trinajstić information content (AvgIpc) is 2.25. The van der Waals surface area contributed by atoms with Crippen LogP contribution in [0, 0.1) is 11.3 Å². The van der Waals surface area contributed by atoms with Crippen LogP contribution in [0.4, 0.5) is 0 Å². The normalized spacial score (nSPS) is 11.2. The summed E-state index contributed by atoms with van der Waals surface area (Å²) in [5, 5.41) is 8.67. The van der Waals surface area contributed by atoms with Gasteiger partial charge in [-0.25, -0.2) is 8.42 Å². The van der Waals surface area contributed by atoms with E-state index >= 15 is 0 Å². The van der Waals surface area contributed by atoms with E-state index in [1.165, 1.54) is 12.1 Å². The molecule has 0 aliphatic carbocycles. The summed E-state index contributed by atoms with van der Waals surface area (Å²) in [6.07, 6.45) is 1.33. The minimum atomic E-state index is -2.66.